The number of ether oxygens (including phenoxy) is 1. The fourth-order valence-corrected chi connectivity index (χ4v) is 4.11. The number of nitrogens with one attached hydrogen (secondary N) is 1. The van der Waals surface area contributed by atoms with E-state index in [0.29, 0.717) is 5.92 Å². The summed E-state index contributed by atoms with van der Waals surface area (Å²) in [5.41, 5.74) is -0.476. The zero-order valence-corrected chi connectivity index (χ0v) is 13.4. The van der Waals surface area contributed by atoms with Crippen molar-refractivity contribution in [2.45, 2.75) is 43.5 Å². The molecule has 0 spiro atoms. The van der Waals surface area contributed by atoms with Gasteiger partial charge in [-0.2, -0.15) is 0 Å². The number of nitro groups is 1. The average Bonchev–Trinajstić information content (AvgIpc) is 2.48. The van der Waals surface area contributed by atoms with Gasteiger partial charge in [-0.3, -0.25) is 10.1 Å². The summed E-state index contributed by atoms with van der Waals surface area (Å²) in [5.74, 6) is 0.841. The molecule has 0 radical (unpaired) electrons. The molecule has 8 heteroatoms. The van der Waals surface area contributed by atoms with Crippen LogP contribution in [-0.2, 0) is 10.0 Å². The van der Waals surface area contributed by atoms with E-state index in [4.69, 9.17) is 4.74 Å². The maximum atomic E-state index is 12.5. The molecule has 7 nitrogen and oxygen atoms in total. The molecule has 1 N–H and O–H groups in total. The van der Waals surface area contributed by atoms with Crippen LogP contribution in [0.3, 0.4) is 0 Å². The molecule has 1 aromatic rings. The number of hydrogen-bond acceptors (Lipinski definition) is 5. The zero-order chi connectivity index (χ0) is 16.3. The minimum absolute atomic E-state index is 0.164. The lowest BCUT2D eigenvalue weighted by Crippen LogP contribution is -2.37. The largest absolute Gasteiger partial charge is 0.497 e. The minimum atomic E-state index is -3.93. The molecule has 0 saturated heterocycles. The third-order valence-corrected chi connectivity index (χ3v) is 5.56. The van der Waals surface area contributed by atoms with Gasteiger partial charge in [0.25, 0.3) is 5.69 Å². The number of hydrogen-bond donors (Lipinski definition) is 1. The molecule has 1 fully saturated rings. The SMILES string of the molecule is COc1ccc(S(=O)(=O)NC2CCC(C)CC2)c([N+](=O)[O-])c1. The van der Waals surface area contributed by atoms with Crippen LogP contribution in [0.15, 0.2) is 23.1 Å². The van der Waals surface area contributed by atoms with Gasteiger partial charge in [-0.15, -0.1) is 0 Å². The topological polar surface area (TPSA) is 98.5 Å². The van der Waals surface area contributed by atoms with Crippen molar-refractivity contribution >= 4 is 15.7 Å². The van der Waals surface area contributed by atoms with Gasteiger partial charge in [0.1, 0.15) is 5.75 Å². The molecular weight excluding hydrogens is 308 g/mol. The van der Waals surface area contributed by atoms with E-state index in [2.05, 4.69) is 11.6 Å². The molecule has 0 aliphatic heterocycles. The molecule has 0 unspecified atom stereocenters. The van der Waals surface area contributed by atoms with Crippen molar-refractivity contribution in [3.8, 4) is 5.75 Å². The maximum Gasteiger partial charge on any atom is 0.293 e. The third kappa shape index (κ3) is 3.75. The van der Waals surface area contributed by atoms with Gasteiger partial charge in [-0.1, -0.05) is 6.92 Å². The van der Waals surface area contributed by atoms with Crippen molar-refractivity contribution in [1.29, 1.82) is 0 Å². The van der Waals surface area contributed by atoms with Crippen LogP contribution in [0.2, 0.25) is 0 Å². The summed E-state index contributed by atoms with van der Waals surface area (Å²) >= 11 is 0. The Morgan fingerprint density at radius 2 is 1.91 bits per heavy atom. The molecule has 1 aromatic carbocycles. The second kappa shape index (κ2) is 6.62. The molecule has 0 aromatic heterocycles. The summed E-state index contributed by atoms with van der Waals surface area (Å²) in [6.45, 7) is 2.14. The van der Waals surface area contributed by atoms with Crippen molar-refractivity contribution in [2.75, 3.05) is 7.11 Å². The third-order valence-electron chi connectivity index (χ3n) is 3.99. The number of sulfonamides is 1. The fourth-order valence-electron chi connectivity index (χ4n) is 2.65. The highest BCUT2D eigenvalue weighted by atomic mass is 32.2. The molecule has 22 heavy (non-hydrogen) atoms. The molecule has 1 aliphatic rings. The van der Waals surface area contributed by atoms with Crippen LogP contribution < -0.4 is 9.46 Å². The van der Waals surface area contributed by atoms with Crippen LogP contribution in [-0.4, -0.2) is 26.5 Å². The standard InChI is InChI=1S/C14H20N2O5S/c1-10-3-5-11(6-4-10)15-22(19,20)14-8-7-12(21-2)9-13(14)16(17)18/h7-11,15H,3-6H2,1-2H3. The van der Waals surface area contributed by atoms with E-state index in [-0.39, 0.29) is 16.7 Å². The highest BCUT2D eigenvalue weighted by molar-refractivity contribution is 7.89. The molecule has 122 valence electrons. The van der Waals surface area contributed by atoms with E-state index in [1.807, 2.05) is 0 Å². The Hall–Kier alpha value is -1.67. The van der Waals surface area contributed by atoms with Gasteiger partial charge in [0.2, 0.25) is 10.0 Å². The molecule has 0 amide bonds. The number of nitrogens with zero attached hydrogens (tertiary/aromatic N) is 1. The number of benzene rings is 1. The minimum Gasteiger partial charge on any atom is -0.497 e. The highest BCUT2D eigenvalue weighted by Gasteiger charge is 2.30. The van der Waals surface area contributed by atoms with Gasteiger partial charge in [0.05, 0.1) is 18.1 Å². The second-order valence-corrected chi connectivity index (χ2v) is 7.35. The Kier molecular flexibility index (Phi) is 5.02. The van der Waals surface area contributed by atoms with E-state index >= 15 is 0 Å². The molecular formula is C14H20N2O5S. The maximum absolute atomic E-state index is 12.5. The second-order valence-electron chi connectivity index (χ2n) is 5.67. The Balaban J connectivity index is 2.27. The smallest absolute Gasteiger partial charge is 0.293 e. The lowest BCUT2D eigenvalue weighted by Gasteiger charge is -2.26. The normalized spacial score (nSPS) is 22.3. The van der Waals surface area contributed by atoms with Gasteiger partial charge in [0, 0.05) is 6.04 Å². The van der Waals surface area contributed by atoms with Crippen molar-refractivity contribution < 1.29 is 18.1 Å². The quantitative estimate of drug-likeness (QED) is 0.661. The lowest BCUT2D eigenvalue weighted by atomic mass is 9.88. The van der Waals surface area contributed by atoms with Crippen LogP contribution >= 0.6 is 0 Å². The van der Waals surface area contributed by atoms with E-state index in [9.17, 15) is 18.5 Å². The Bertz CT molecular complexity index is 651. The average molecular weight is 328 g/mol. The highest BCUT2D eigenvalue weighted by Crippen LogP contribution is 2.30. The summed E-state index contributed by atoms with van der Waals surface area (Å²) < 4.78 is 32.4. The molecule has 1 aliphatic carbocycles. The first-order valence-corrected chi connectivity index (χ1v) is 8.66. The van der Waals surface area contributed by atoms with Crippen LogP contribution in [0, 0.1) is 16.0 Å². The summed E-state index contributed by atoms with van der Waals surface area (Å²) in [6.07, 6.45) is 3.42. The number of methoxy groups -OCH3 is 1. The molecule has 1 saturated carbocycles. The number of rotatable bonds is 5. The Labute approximate surface area is 129 Å². The zero-order valence-electron chi connectivity index (χ0n) is 12.6. The van der Waals surface area contributed by atoms with Crippen molar-refractivity contribution in [1.82, 2.24) is 4.72 Å². The van der Waals surface area contributed by atoms with Crippen LogP contribution in [0.25, 0.3) is 0 Å². The van der Waals surface area contributed by atoms with Crippen LogP contribution in [0.4, 0.5) is 5.69 Å². The van der Waals surface area contributed by atoms with E-state index in [1.54, 1.807) is 0 Å². The molecule has 0 atom stereocenters. The van der Waals surface area contributed by atoms with E-state index < -0.39 is 20.6 Å². The first-order chi connectivity index (χ1) is 10.3. The van der Waals surface area contributed by atoms with Gasteiger partial charge in [-0.25, -0.2) is 13.1 Å². The van der Waals surface area contributed by atoms with E-state index in [0.717, 1.165) is 31.7 Å². The summed E-state index contributed by atoms with van der Waals surface area (Å²) in [6, 6.07) is 3.58. The summed E-state index contributed by atoms with van der Waals surface area (Å²) in [7, 11) is -2.56. The van der Waals surface area contributed by atoms with Gasteiger partial charge < -0.3 is 4.74 Å². The first kappa shape index (κ1) is 16.7. The summed E-state index contributed by atoms with van der Waals surface area (Å²) in [4.78, 5) is 10.1. The predicted octanol–water partition coefficient (Wildman–Crippen LogP) is 2.46. The van der Waals surface area contributed by atoms with Crippen LogP contribution in [0.5, 0.6) is 5.75 Å². The van der Waals surface area contributed by atoms with Crippen molar-refractivity contribution in [3.63, 3.8) is 0 Å². The van der Waals surface area contributed by atoms with Gasteiger partial charge in [-0.05, 0) is 43.7 Å². The first-order valence-electron chi connectivity index (χ1n) is 7.18. The van der Waals surface area contributed by atoms with Gasteiger partial charge in [0.15, 0.2) is 4.90 Å². The van der Waals surface area contributed by atoms with Crippen LogP contribution in [0.1, 0.15) is 32.6 Å². The lowest BCUT2D eigenvalue weighted by molar-refractivity contribution is -0.387. The monoisotopic (exact) mass is 328 g/mol. The van der Waals surface area contributed by atoms with Crippen molar-refractivity contribution in [3.05, 3.63) is 28.3 Å². The summed E-state index contributed by atoms with van der Waals surface area (Å²) in [5, 5.41) is 11.1. The molecule has 2 rings (SSSR count). The predicted molar refractivity (Wildman–Crippen MR) is 81.4 cm³/mol. The Morgan fingerprint density at radius 3 is 2.45 bits per heavy atom. The van der Waals surface area contributed by atoms with Crippen molar-refractivity contribution in [2.24, 2.45) is 5.92 Å². The van der Waals surface area contributed by atoms with Gasteiger partial charge >= 0.3 is 0 Å². The fraction of sp³-hybridized carbons (Fsp3) is 0.571. The van der Waals surface area contributed by atoms with E-state index in [1.165, 1.54) is 19.2 Å². The number of nitro benzene ring substituents is 1. The molecule has 0 bridgehead atoms. The Morgan fingerprint density at radius 1 is 1.27 bits per heavy atom. The molecule has 0 heterocycles.